The molecule has 0 unspecified atom stereocenters. The van der Waals surface area contributed by atoms with E-state index in [1.807, 2.05) is 0 Å². The van der Waals surface area contributed by atoms with Crippen molar-refractivity contribution >= 4 is 0 Å². The molecule has 2 fully saturated rings. The summed E-state index contributed by atoms with van der Waals surface area (Å²) in [4.78, 5) is 0. The van der Waals surface area contributed by atoms with Crippen LogP contribution < -0.4 is 5.73 Å². The summed E-state index contributed by atoms with van der Waals surface area (Å²) in [7, 11) is 0. The average molecular weight is 237 g/mol. The van der Waals surface area contributed by atoms with E-state index in [0.717, 1.165) is 18.4 Å². The molecule has 1 nitrogen and oxygen atoms in total. The minimum Gasteiger partial charge on any atom is -0.330 e. The molecule has 0 heterocycles. The van der Waals surface area contributed by atoms with Crippen LogP contribution >= 0.6 is 0 Å². The van der Waals surface area contributed by atoms with Gasteiger partial charge in [0.05, 0.1) is 0 Å². The van der Waals surface area contributed by atoms with E-state index in [2.05, 4.69) is 6.92 Å². The standard InChI is InChI=1S/C16H31N/c1-2-14-9-11-16(13-17,12-10-14)15-7-5-3-4-6-8-15/h14-15H,2-13,17H2,1H3. The molecule has 100 valence electrons. The van der Waals surface area contributed by atoms with Crippen molar-refractivity contribution < 1.29 is 0 Å². The fourth-order valence-electron chi connectivity index (χ4n) is 4.33. The van der Waals surface area contributed by atoms with E-state index in [9.17, 15) is 0 Å². The van der Waals surface area contributed by atoms with Crippen molar-refractivity contribution in [3.8, 4) is 0 Å². The quantitative estimate of drug-likeness (QED) is 0.718. The summed E-state index contributed by atoms with van der Waals surface area (Å²) in [6.07, 6.45) is 15.9. The molecule has 0 radical (unpaired) electrons. The topological polar surface area (TPSA) is 26.0 Å². The summed E-state index contributed by atoms with van der Waals surface area (Å²) in [6.45, 7) is 3.31. The zero-order valence-corrected chi connectivity index (χ0v) is 11.7. The third-order valence-corrected chi connectivity index (χ3v) is 5.81. The lowest BCUT2D eigenvalue weighted by atomic mass is 9.61. The largest absolute Gasteiger partial charge is 0.330 e. The smallest absolute Gasteiger partial charge is 0.00179 e. The molecule has 2 aliphatic rings. The van der Waals surface area contributed by atoms with Gasteiger partial charge in [0.1, 0.15) is 0 Å². The van der Waals surface area contributed by atoms with Crippen molar-refractivity contribution in [2.45, 2.75) is 77.6 Å². The van der Waals surface area contributed by atoms with E-state index >= 15 is 0 Å². The summed E-state index contributed by atoms with van der Waals surface area (Å²) in [5.74, 6) is 1.95. The minimum absolute atomic E-state index is 0.538. The van der Waals surface area contributed by atoms with Gasteiger partial charge in [-0.1, -0.05) is 39.0 Å². The van der Waals surface area contributed by atoms with Gasteiger partial charge in [-0.3, -0.25) is 0 Å². The molecule has 0 spiro atoms. The van der Waals surface area contributed by atoms with Gasteiger partial charge in [-0.25, -0.2) is 0 Å². The zero-order valence-electron chi connectivity index (χ0n) is 11.7. The van der Waals surface area contributed by atoms with E-state index in [1.165, 1.54) is 70.6 Å². The van der Waals surface area contributed by atoms with Crippen molar-refractivity contribution in [1.29, 1.82) is 0 Å². The molecule has 0 aromatic carbocycles. The molecule has 0 bridgehead atoms. The predicted molar refractivity (Wildman–Crippen MR) is 74.9 cm³/mol. The lowest BCUT2D eigenvalue weighted by molar-refractivity contribution is 0.0696. The molecule has 1 heteroatoms. The van der Waals surface area contributed by atoms with Crippen molar-refractivity contribution in [2.24, 2.45) is 23.0 Å². The van der Waals surface area contributed by atoms with E-state index in [4.69, 9.17) is 5.73 Å². The first-order valence-corrected chi connectivity index (χ1v) is 8.01. The SMILES string of the molecule is CCC1CCC(CN)(C2CCCCCC2)CC1. The normalized spacial score (nSPS) is 36.7. The van der Waals surface area contributed by atoms with Gasteiger partial charge in [0.25, 0.3) is 0 Å². The summed E-state index contributed by atoms with van der Waals surface area (Å²) >= 11 is 0. The van der Waals surface area contributed by atoms with Crippen molar-refractivity contribution in [2.75, 3.05) is 6.54 Å². The van der Waals surface area contributed by atoms with Gasteiger partial charge in [-0.2, -0.15) is 0 Å². The van der Waals surface area contributed by atoms with Gasteiger partial charge in [-0.05, 0) is 62.3 Å². The fourth-order valence-corrected chi connectivity index (χ4v) is 4.33. The molecular weight excluding hydrogens is 206 g/mol. The van der Waals surface area contributed by atoms with Crippen LogP contribution in [0.5, 0.6) is 0 Å². The highest BCUT2D eigenvalue weighted by Gasteiger charge is 2.40. The Morgan fingerprint density at radius 2 is 1.53 bits per heavy atom. The maximum Gasteiger partial charge on any atom is -0.00179 e. The van der Waals surface area contributed by atoms with E-state index in [1.54, 1.807) is 0 Å². The van der Waals surface area contributed by atoms with Crippen molar-refractivity contribution in [1.82, 2.24) is 0 Å². The molecule has 2 aliphatic carbocycles. The summed E-state index contributed by atoms with van der Waals surface area (Å²) < 4.78 is 0. The van der Waals surface area contributed by atoms with Crippen molar-refractivity contribution in [3.63, 3.8) is 0 Å². The molecule has 17 heavy (non-hydrogen) atoms. The van der Waals surface area contributed by atoms with Gasteiger partial charge >= 0.3 is 0 Å². The fraction of sp³-hybridized carbons (Fsp3) is 1.00. The molecule has 2 rings (SSSR count). The molecule has 0 aliphatic heterocycles. The summed E-state index contributed by atoms with van der Waals surface area (Å²) in [5.41, 5.74) is 6.74. The van der Waals surface area contributed by atoms with Crippen LogP contribution in [0.1, 0.15) is 77.6 Å². The second-order valence-corrected chi connectivity index (χ2v) is 6.61. The second-order valence-electron chi connectivity index (χ2n) is 6.61. The number of hydrogen-bond donors (Lipinski definition) is 1. The van der Waals surface area contributed by atoms with Crippen LogP contribution in [0.15, 0.2) is 0 Å². The third-order valence-electron chi connectivity index (χ3n) is 5.81. The number of nitrogens with two attached hydrogens (primary N) is 1. The average Bonchev–Trinajstić information content (AvgIpc) is 2.68. The Morgan fingerprint density at radius 3 is 2.00 bits per heavy atom. The molecular formula is C16H31N. The van der Waals surface area contributed by atoms with Gasteiger partial charge in [0.2, 0.25) is 0 Å². The number of rotatable bonds is 3. The first-order valence-electron chi connectivity index (χ1n) is 8.01. The van der Waals surface area contributed by atoms with Gasteiger partial charge in [0, 0.05) is 0 Å². The third kappa shape index (κ3) is 3.05. The molecule has 0 amide bonds. The maximum atomic E-state index is 6.21. The van der Waals surface area contributed by atoms with Crippen LogP contribution in [-0.4, -0.2) is 6.54 Å². The van der Waals surface area contributed by atoms with Gasteiger partial charge < -0.3 is 5.73 Å². The lowest BCUT2D eigenvalue weighted by Gasteiger charge is -2.45. The van der Waals surface area contributed by atoms with Gasteiger partial charge in [0.15, 0.2) is 0 Å². The summed E-state index contributed by atoms with van der Waals surface area (Å²) in [5, 5.41) is 0. The van der Waals surface area contributed by atoms with E-state index in [-0.39, 0.29) is 0 Å². The van der Waals surface area contributed by atoms with Crippen molar-refractivity contribution in [3.05, 3.63) is 0 Å². The minimum atomic E-state index is 0.538. The van der Waals surface area contributed by atoms with Crippen LogP contribution in [0.3, 0.4) is 0 Å². The Kier molecular flexibility index (Phi) is 4.90. The highest BCUT2D eigenvalue weighted by molar-refractivity contribution is 4.92. The Bertz CT molecular complexity index is 208. The molecule has 0 atom stereocenters. The predicted octanol–water partition coefficient (Wildman–Crippen LogP) is 4.50. The van der Waals surface area contributed by atoms with Crippen LogP contribution in [0.25, 0.3) is 0 Å². The second kappa shape index (κ2) is 6.22. The van der Waals surface area contributed by atoms with Gasteiger partial charge in [-0.15, -0.1) is 0 Å². The lowest BCUT2D eigenvalue weighted by Crippen LogP contribution is -2.41. The first kappa shape index (κ1) is 13.4. The van der Waals surface area contributed by atoms with Crippen LogP contribution in [0.4, 0.5) is 0 Å². The highest BCUT2D eigenvalue weighted by Crippen LogP contribution is 2.48. The Labute approximate surface area is 108 Å². The van der Waals surface area contributed by atoms with Crippen LogP contribution in [-0.2, 0) is 0 Å². The van der Waals surface area contributed by atoms with Crippen LogP contribution in [0.2, 0.25) is 0 Å². The molecule has 0 saturated heterocycles. The first-order chi connectivity index (χ1) is 8.30. The maximum absolute atomic E-state index is 6.21. The molecule has 0 aromatic rings. The van der Waals surface area contributed by atoms with Crippen LogP contribution in [0, 0.1) is 17.3 Å². The molecule has 2 N–H and O–H groups in total. The monoisotopic (exact) mass is 237 g/mol. The Balaban J connectivity index is 1.98. The Hall–Kier alpha value is -0.0400. The zero-order chi connectivity index (χ0) is 12.1. The summed E-state index contributed by atoms with van der Waals surface area (Å²) in [6, 6.07) is 0. The molecule has 0 aromatic heterocycles. The highest BCUT2D eigenvalue weighted by atomic mass is 14.6. The number of hydrogen-bond acceptors (Lipinski definition) is 1. The molecule has 2 saturated carbocycles. The van der Waals surface area contributed by atoms with E-state index in [0.29, 0.717) is 5.41 Å². The Morgan fingerprint density at radius 1 is 0.941 bits per heavy atom. The van der Waals surface area contributed by atoms with E-state index < -0.39 is 0 Å².